The van der Waals surface area contributed by atoms with Crippen LogP contribution in [0.15, 0.2) is 59.1 Å². The van der Waals surface area contributed by atoms with Crippen LogP contribution >= 0.6 is 15.9 Å². The molecule has 2 aromatic rings. The van der Waals surface area contributed by atoms with E-state index in [1.807, 2.05) is 12.1 Å². The predicted molar refractivity (Wildman–Crippen MR) is 104 cm³/mol. The van der Waals surface area contributed by atoms with Gasteiger partial charge >= 0.3 is 0 Å². The minimum absolute atomic E-state index is 0.0354. The van der Waals surface area contributed by atoms with E-state index in [2.05, 4.69) is 68.6 Å². The second-order valence-electron chi connectivity index (χ2n) is 7.07. The van der Waals surface area contributed by atoms with Gasteiger partial charge in [0.25, 0.3) is 0 Å². The molecule has 1 unspecified atom stereocenters. The Kier molecular flexibility index (Phi) is 4.91. The van der Waals surface area contributed by atoms with E-state index in [0.717, 1.165) is 37.1 Å². The minimum atomic E-state index is 0.0354. The normalized spacial score (nSPS) is 26.1. The van der Waals surface area contributed by atoms with E-state index in [-0.39, 0.29) is 11.8 Å². The number of nitrogens with one attached hydrogen (secondary N) is 1. The van der Waals surface area contributed by atoms with Gasteiger partial charge in [0.1, 0.15) is 0 Å². The lowest BCUT2D eigenvalue weighted by Gasteiger charge is -2.25. The summed E-state index contributed by atoms with van der Waals surface area (Å²) in [6, 6.07) is 18.9. The topological polar surface area (TPSA) is 32.3 Å². The fourth-order valence-corrected chi connectivity index (χ4v) is 4.81. The van der Waals surface area contributed by atoms with Gasteiger partial charge in [-0.3, -0.25) is 4.79 Å². The summed E-state index contributed by atoms with van der Waals surface area (Å²) >= 11 is 3.65. The Bertz CT molecular complexity index is 749. The van der Waals surface area contributed by atoms with Gasteiger partial charge < -0.3 is 10.2 Å². The zero-order valence-corrected chi connectivity index (χ0v) is 15.8. The molecule has 2 heterocycles. The van der Waals surface area contributed by atoms with Crippen LogP contribution in [0.1, 0.15) is 29.4 Å². The molecule has 0 aromatic heterocycles. The van der Waals surface area contributed by atoms with Crippen molar-refractivity contribution < 1.29 is 4.79 Å². The standard InChI is InChI=1S/C21H23BrN2O/c22-20-9-5-4-8-17(20)18-12-23-13-19(18)21(25)24-11-10-16(14-24)15-6-2-1-3-7-15/h1-9,16,18-19,23H,10-14H2/t16?,18-,19+/m0/s1. The van der Waals surface area contributed by atoms with E-state index in [1.54, 1.807) is 0 Å². The molecule has 2 aromatic carbocycles. The van der Waals surface area contributed by atoms with Crippen LogP contribution < -0.4 is 5.32 Å². The molecule has 1 N–H and O–H groups in total. The number of nitrogens with zero attached hydrogens (tertiary/aromatic N) is 1. The molecule has 2 saturated heterocycles. The highest BCUT2D eigenvalue weighted by atomic mass is 79.9. The molecule has 3 atom stereocenters. The van der Waals surface area contributed by atoms with E-state index in [9.17, 15) is 4.79 Å². The van der Waals surface area contributed by atoms with Crippen molar-refractivity contribution in [2.75, 3.05) is 26.2 Å². The molecule has 25 heavy (non-hydrogen) atoms. The first-order valence-electron chi connectivity index (χ1n) is 9.03. The molecule has 2 aliphatic rings. The van der Waals surface area contributed by atoms with E-state index in [0.29, 0.717) is 11.8 Å². The van der Waals surface area contributed by atoms with Gasteiger partial charge in [-0.2, -0.15) is 0 Å². The van der Waals surface area contributed by atoms with Crippen LogP contribution in [0.25, 0.3) is 0 Å². The van der Waals surface area contributed by atoms with Crippen LogP contribution in [0, 0.1) is 5.92 Å². The van der Waals surface area contributed by atoms with Crippen LogP contribution in [-0.2, 0) is 4.79 Å². The van der Waals surface area contributed by atoms with Crippen molar-refractivity contribution in [1.82, 2.24) is 10.2 Å². The number of likely N-dealkylation sites (tertiary alicyclic amines) is 1. The summed E-state index contributed by atoms with van der Waals surface area (Å²) in [7, 11) is 0. The third kappa shape index (κ3) is 3.38. The van der Waals surface area contributed by atoms with E-state index in [4.69, 9.17) is 0 Å². The first-order valence-corrected chi connectivity index (χ1v) is 9.82. The third-order valence-electron chi connectivity index (χ3n) is 5.61. The molecule has 2 aliphatic heterocycles. The molecule has 0 bridgehead atoms. The van der Waals surface area contributed by atoms with E-state index in [1.165, 1.54) is 11.1 Å². The maximum atomic E-state index is 13.2. The number of amides is 1. The molecule has 3 nitrogen and oxygen atoms in total. The van der Waals surface area contributed by atoms with Crippen molar-refractivity contribution in [1.29, 1.82) is 0 Å². The van der Waals surface area contributed by atoms with Crippen LogP contribution in [0.2, 0.25) is 0 Å². The molecule has 4 heteroatoms. The number of hydrogen-bond donors (Lipinski definition) is 1. The fourth-order valence-electron chi connectivity index (χ4n) is 4.23. The lowest BCUT2D eigenvalue weighted by Crippen LogP contribution is -2.37. The maximum Gasteiger partial charge on any atom is 0.227 e. The summed E-state index contributed by atoms with van der Waals surface area (Å²) in [5.74, 6) is 1.07. The molecule has 0 saturated carbocycles. The molecule has 4 rings (SSSR count). The molecule has 2 fully saturated rings. The zero-order chi connectivity index (χ0) is 17.2. The van der Waals surface area contributed by atoms with Crippen LogP contribution in [0.3, 0.4) is 0 Å². The molecular weight excluding hydrogens is 376 g/mol. The maximum absolute atomic E-state index is 13.2. The minimum Gasteiger partial charge on any atom is -0.342 e. The first kappa shape index (κ1) is 16.8. The van der Waals surface area contributed by atoms with Crippen molar-refractivity contribution in [3.63, 3.8) is 0 Å². The fraction of sp³-hybridized carbons (Fsp3) is 0.381. The summed E-state index contributed by atoms with van der Waals surface area (Å²) in [4.78, 5) is 15.3. The van der Waals surface area contributed by atoms with Crippen molar-refractivity contribution in [3.05, 3.63) is 70.2 Å². The van der Waals surface area contributed by atoms with Crippen LogP contribution in [0.4, 0.5) is 0 Å². The Morgan fingerprint density at radius 3 is 2.60 bits per heavy atom. The largest absolute Gasteiger partial charge is 0.342 e. The summed E-state index contributed by atoms with van der Waals surface area (Å²) < 4.78 is 1.10. The average Bonchev–Trinajstić information content (AvgIpc) is 3.32. The van der Waals surface area contributed by atoms with Crippen LogP contribution in [-0.4, -0.2) is 37.0 Å². The Morgan fingerprint density at radius 2 is 1.80 bits per heavy atom. The Morgan fingerprint density at radius 1 is 1.04 bits per heavy atom. The second kappa shape index (κ2) is 7.30. The predicted octanol–water partition coefficient (Wildman–Crippen LogP) is 3.77. The molecule has 0 spiro atoms. The number of benzene rings is 2. The number of rotatable bonds is 3. The summed E-state index contributed by atoms with van der Waals surface area (Å²) in [6.07, 6.45) is 1.07. The van der Waals surface area contributed by atoms with Crippen molar-refractivity contribution >= 4 is 21.8 Å². The molecule has 0 radical (unpaired) electrons. The van der Waals surface area contributed by atoms with Crippen molar-refractivity contribution in [3.8, 4) is 0 Å². The van der Waals surface area contributed by atoms with Gasteiger partial charge in [-0.1, -0.05) is 64.5 Å². The van der Waals surface area contributed by atoms with Gasteiger partial charge in [0.15, 0.2) is 0 Å². The number of hydrogen-bond acceptors (Lipinski definition) is 2. The third-order valence-corrected chi connectivity index (χ3v) is 6.33. The van der Waals surface area contributed by atoms with Gasteiger partial charge in [-0.15, -0.1) is 0 Å². The van der Waals surface area contributed by atoms with Crippen LogP contribution in [0.5, 0.6) is 0 Å². The van der Waals surface area contributed by atoms with Gasteiger partial charge in [0.2, 0.25) is 5.91 Å². The molecular formula is C21H23BrN2O. The van der Waals surface area contributed by atoms with Gasteiger partial charge in [-0.25, -0.2) is 0 Å². The Labute approximate surface area is 157 Å². The first-order chi connectivity index (χ1) is 12.2. The number of halogens is 1. The number of carbonyl (C=O) groups is 1. The van der Waals surface area contributed by atoms with E-state index < -0.39 is 0 Å². The SMILES string of the molecule is O=C([C@@H]1CNC[C@H]1c1ccccc1Br)N1CCC(c2ccccc2)C1. The second-order valence-corrected chi connectivity index (χ2v) is 7.93. The summed E-state index contributed by atoms with van der Waals surface area (Å²) in [5, 5.41) is 3.43. The average molecular weight is 399 g/mol. The Hall–Kier alpha value is -1.65. The quantitative estimate of drug-likeness (QED) is 0.853. The molecule has 1 amide bonds. The van der Waals surface area contributed by atoms with Gasteiger partial charge in [-0.05, 0) is 23.6 Å². The zero-order valence-electron chi connectivity index (χ0n) is 14.2. The van der Waals surface area contributed by atoms with Gasteiger partial charge in [0, 0.05) is 42.5 Å². The van der Waals surface area contributed by atoms with Gasteiger partial charge in [0.05, 0.1) is 5.92 Å². The smallest absolute Gasteiger partial charge is 0.227 e. The summed E-state index contributed by atoms with van der Waals surface area (Å²) in [6.45, 7) is 3.37. The Balaban J connectivity index is 1.48. The monoisotopic (exact) mass is 398 g/mol. The number of carbonyl (C=O) groups excluding carboxylic acids is 1. The summed E-state index contributed by atoms with van der Waals surface area (Å²) in [5.41, 5.74) is 2.59. The lowest BCUT2D eigenvalue weighted by molar-refractivity contribution is -0.134. The highest BCUT2D eigenvalue weighted by Crippen LogP contribution is 2.36. The molecule has 130 valence electrons. The van der Waals surface area contributed by atoms with E-state index >= 15 is 0 Å². The van der Waals surface area contributed by atoms with Crippen molar-refractivity contribution in [2.45, 2.75) is 18.3 Å². The highest BCUT2D eigenvalue weighted by molar-refractivity contribution is 9.10. The molecule has 0 aliphatic carbocycles. The van der Waals surface area contributed by atoms with Crippen molar-refractivity contribution in [2.24, 2.45) is 5.92 Å². The highest BCUT2D eigenvalue weighted by Gasteiger charge is 2.39. The lowest BCUT2D eigenvalue weighted by atomic mass is 9.88.